The summed E-state index contributed by atoms with van der Waals surface area (Å²) in [6, 6.07) is 22.2. The molecule has 4 aromatic rings. The summed E-state index contributed by atoms with van der Waals surface area (Å²) < 4.78 is 2.58. The molecule has 2 heterocycles. The van der Waals surface area contributed by atoms with Crippen molar-refractivity contribution >= 4 is 38.6 Å². The van der Waals surface area contributed by atoms with Crippen molar-refractivity contribution < 1.29 is 9.72 Å². The Morgan fingerprint density at radius 3 is 2.43 bits per heavy atom. The summed E-state index contributed by atoms with van der Waals surface area (Å²) in [5, 5.41) is 11.1. The third kappa shape index (κ3) is 3.02. The van der Waals surface area contributed by atoms with Crippen molar-refractivity contribution in [2.24, 2.45) is 0 Å². The summed E-state index contributed by atoms with van der Waals surface area (Å²) in [6.45, 7) is 0. The fourth-order valence-electron chi connectivity index (χ4n) is 4.31. The van der Waals surface area contributed by atoms with Crippen molar-refractivity contribution in [3.63, 3.8) is 0 Å². The minimum atomic E-state index is -0.407. The van der Waals surface area contributed by atoms with E-state index in [4.69, 9.17) is 4.98 Å². The van der Waals surface area contributed by atoms with Gasteiger partial charge in [-0.1, -0.05) is 58.4 Å². The quantitative estimate of drug-likeness (QED) is 0.291. The molecule has 0 saturated heterocycles. The standard InChI is InChI=1S/C23H16BrN3O3/c24-16-8-11-19-20(12-16)26-21(28)13-18(14-4-2-1-3-5-14)22(23(26)25-19)15-6-9-17(10-7-15)27(29)30/h1-12,18,22H,13H2/t18-,22-/m1/s1. The van der Waals surface area contributed by atoms with Crippen molar-refractivity contribution in [1.82, 2.24) is 9.55 Å². The molecule has 148 valence electrons. The van der Waals surface area contributed by atoms with Crippen molar-refractivity contribution in [3.05, 3.63) is 104 Å². The number of nitrogens with zero attached hydrogens (tertiary/aromatic N) is 3. The molecule has 7 heteroatoms. The van der Waals surface area contributed by atoms with Crippen molar-refractivity contribution in [2.45, 2.75) is 18.3 Å². The van der Waals surface area contributed by atoms with E-state index in [2.05, 4.69) is 15.9 Å². The first-order chi connectivity index (χ1) is 14.5. The molecule has 5 rings (SSSR count). The van der Waals surface area contributed by atoms with Gasteiger partial charge in [0.2, 0.25) is 5.91 Å². The van der Waals surface area contributed by atoms with Gasteiger partial charge in [0.15, 0.2) is 0 Å². The molecule has 0 bridgehead atoms. The fraction of sp³-hybridized carbons (Fsp3) is 0.130. The van der Waals surface area contributed by atoms with Gasteiger partial charge in [-0.3, -0.25) is 19.5 Å². The number of carbonyl (C=O) groups is 1. The number of fused-ring (bicyclic) bond motifs is 3. The molecular formula is C23H16BrN3O3. The summed E-state index contributed by atoms with van der Waals surface area (Å²) >= 11 is 3.48. The average molecular weight is 462 g/mol. The minimum Gasteiger partial charge on any atom is -0.274 e. The molecule has 0 aliphatic carbocycles. The summed E-state index contributed by atoms with van der Waals surface area (Å²) in [5.74, 6) is 0.365. The first-order valence-electron chi connectivity index (χ1n) is 9.53. The highest BCUT2D eigenvalue weighted by Gasteiger charge is 2.38. The molecule has 0 N–H and O–H groups in total. The third-order valence-electron chi connectivity index (χ3n) is 5.66. The third-order valence-corrected chi connectivity index (χ3v) is 6.15. The van der Waals surface area contributed by atoms with Gasteiger partial charge in [-0.2, -0.15) is 0 Å². The first-order valence-corrected chi connectivity index (χ1v) is 10.3. The zero-order chi connectivity index (χ0) is 20.8. The molecular weight excluding hydrogens is 446 g/mol. The molecule has 0 radical (unpaired) electrons. The second-order valence-electron chi connectivity index (χ2n) is 7.38. The van der Waals surface area contributed by atoms with Gasteiger partial charge in [-0.05, 0) is 29.3 Å². The van der Waals surface area contributed by atoms with Crippen LogP contribution in [0, 0.1) is 10.1 Å². The number of benzene rings is 3. The summed E-state index contributed by atoms with van der Waals surface area (Å²) in [6.07, 6.45) is 0.330. The molecule has 0 spiro atoms. The zero-order valence-electron chi connectivity index (χ0n) is 15.7. The van der Waals surface area contributed by atoms with Gasteiger partial charge < -0.3 is 0 Å². The van der Waals surface area contributed by atoms with Crippen LogP contribution in [0.3, 0.4) is 0 Å². The van der Waals surface area contributed by atoms with Gasteiger partial charge in [0.1, 0.15) is 5.82 Å². The van der Waals surface area contributed by atoms with Gasteiger partial charge in [0.25, 0.3) is 5.69 Å². The maximum atomic E-state index is 13.2. The van der Waals surface area contributed by atoms with Gasteiger partial charge >= 0.3 is 0 Å². The molecule has 1 aromatic heterocycles. The molecule has 0 unspecified atom stereocenters. The Hall–Kier alpha value is -3.32. The lowest BCUT2D eigenvalue weighted by Gasteiger charge is -2.32. The van der Waals surface area contributed by atoms with E-state index in [-0.39, 0.29) is 23.4 Å². The summed E-state index contributed by atoms with van der Waals surface area (Å²) in [7, 11) is 0. The van der Waals surface area contributed by atoms with Crippen LogP contribution in [0.25, 0.3) is 11.0 Å². The number of hydrogen-bond acceptors (Lipinski definition) is 4. The van der Waals surface area contributed by atoms with Gasteiger partial charge in [-0.15, -0.1) is 0 Å². The Morgan fingerprint density at radius 1 is 1.00 bits per heavy atom. The summed E-state index contributed by atoms with van der Waals surface area (Å²) in [5.41, 5.74) is 3.51. The number of halogens is 1. The maximum absolute atomic E-state index is 13.2. The molecule has 30 heavy (non-hydrogen) atoms. The van der Waals surface area contributed by atoms with Crippen LogP contribution < -0.4 is 0 Å². The predicted molar refractivity (Wildman–Crippen MR) is 117 cm³/mol. The van der Waals surface area contributed by atoms with Gasteiger partial charge in [0.05, 0.1) is 21.9 Å². The number of carbonyl (C=O) groups excluding carboxylic acids is 1. The maximum Gasteiger partial charge on any atom is 0.269 e. The topological polar surface area (TPSA) is 78.0 Å². The van der Waals surface area contributed by atoms with E-state index < -0.39 is 4.92 Å². The Labute approximate surface area is 180 Å². The number of aromatic nitrogens is 2. The van der Waals surface area contributed by atoms with E-state index in [9.17, 15) is 14.9 Å². The van der Waals surface area contributed by atoms with E-state index in [1.807, 2.05) is 48.5 Å². The fourth-order valence-corrected chi connectivity index (χ4v) is 4.66. The lowest BCUT2D eigenvalue weighted by molar-refractivity contribution is -0.384. The Bertz CT molecular complexity index is 1280. The molecule has 1 aliphatic rings. The van der Waals surface area contributed by atoms with Crippen LogP contribution in [0.5, 0.6) is 0 Å². The highest BCUT2D eigenvalue weighted by Crippen LogP contribution is 2.45. The minimum absolute atomic E-state index is 0.00221. The van der Waals surface area contributed by atoms with E-state index in [0.717, 1.165) is 26.6 Å². The number of hydrogen-bond donors (Lipinski definition) is 0. The van der Waals surface area contributed by atoms with Crippen LogP contribution >= 0.6 is 15.9 Å². The SMILES string of the molecule is O=C1C[C@H](c2ccccc2)[C@@H](c2ccc([N+](=O)[O-])cc2)c2nc3ccc(Br)cc3n21. The van der Waals surface area contributed by atoms with Crippen LogP contribution in [0.1, 0.15) is 40.0 Å². The second-order valence-corrected chi connectivity index (χ2v) is 8.30. The number of nitro groups is 1. The second kappa shape index (κ2) is 7.18. The van der Waals surface area contributed by atoms with Crippen molar-refractivity contribution in [1.29, 1.82) is 0 Å². The van der Waals surface area contributed by atoms with Gasteiger partial charge in [0, 0.05) is 28.9 Å². The van der Waals surface area contributed by atoms with E-state index >= 15 is 0 Å². The smallest absolute Gasteiger partial charge is 0.269 e. The predicted octanol–water partition coefficient (Wildman–Crippen LogP) is 5.67. The summed E-state index contributed by atoms with van der Waals surface area (Å²) in [4.78, 5) is 28.7. The first kappa shape index (κ1) is 18.7. The van der Waals surface area contributed by atoms with Gasteiger partial charge in [-0.25, -0.2) is 4.98 Å². The van der Waals surface area contributed by atoms with Crippen molar-refractivity contribution in [2.75, 3.05) is 0 Å². The monoisotopic (exact) mass is 461 g/mol. The molecule has 0 amide bonds. The van der Waals surface area contributed by atoms with E-state index in [0.29, 0.717) is 12.2 Å². The van der Waals surface area contributed by atoms with Crippen LogP contribution in [0.15, 0.2) is 77.3 Å². The zero-order valence-corrected chi connectivity index (χ0v) is 17.3. The van der Waals surface area contributed by atoms with Crippen LogP contribution in [0.4, 0.5) is 5.69 Å². The molecule has 0 saturated carbocycles. The molecule has 3 aromatic carbocycles. The average Bonchev–Trinajstić information content (AvgIpc) is 3.13. The van der Waals surface area contributed by atoms with Crippen molar-refractivity contribution in [3.8, 4) is 0 Å². The highest BCUT2D eigenvalue weighted by molar-refractivity contribution is 9.10. The number of rotatable bonds is 3. The van der Waals surface area contributed by atoms with E-state index in [1.54, 1.807) is 16.7 Å². The van der Waals surface area contributed by atoms with Crippen LogP contribution in [-0.4, -0.2) is 20.4 Å². The van der Waals surface area contributed by atoms with E-state index in [1.165, 1.54) is 12.1 Å². The molecule has 0 fully saturated rings. The molecule has 1 aliphatic heterocycles. The van der Waals surface area contributed by atoms with Crippen LogP contribution in [-0.2, 0) is 0 Å². The lowest BCUT2D eigenvalue weighted by Crippen LogP contribution is -2.30. The number of nitro benzene ring substituents is 1. The Balaban J connectivity index is 1.74. The lowest BCUT2D eigenvalue weighted by atomic mass is 9.76. The normalized spacial score (nSPS) is 18.4. The molecule has 6 nitrogen and oxygen atoms in total. The largest absolute Gasteiger partial charge is 0.274 e. The number of imidazole rings is 1. The highest BCUT2D eigenvalue weighted by atomic mass is 79.9. The Morgan fingerprint density at radius 2 is 1.73 bits per heavy atom. The Kier molecular flexibility index (Phi) is 4.47. The number of non-ortho nitro benzene ring substituents is 1. The van der Waals surface area contributed by atoms with Crippen LogP contribution in [0.2, 0.25) is 0 Å². The molecule has 2 atom stereocenters.